The van der Waals surface area contributed by atoms with E-state index in [1.807, 2.05) is 31.2 Å². The normalized spacial score (nSPS) is 10.7. The number of benzene rings is 3. The Hall–Kier alpha value is -2.56. The first kappa shape index (κ1) is 18.2. The Morgan fingerprint density at radius 2 is 1.81 bits per heavy atom. The number of hydrogen-bond acceptors (Lipinski definition) is 2. The number of carboxylic acid groups (broad SMARTS) is 1. The van der Waals surface area contributed by atoms with Gasteiger partial charge in [-0.25, -0.2) is 4.79 Å². The highest BCUT2D eigenvalue weighted by Crippen LogP contribution is 2.35. The standard InChI is InChI=1S/C20H15Cl2NO3/c1-11-4-2-3-5-12(11)9-18(24)23-17-8-14(20(25)26)6-13-7-15(21)10-16(22)19(13)17/h2-8,10H,9H2,1H3,(H,23,24)(H,25,26). The van der Waals surface area contributed by atoms with Crippen molar-refractivity contribution in [2.45, 2.75) is 13.3 Å². The molecule has 2 N–H and O–H groups in total. The summed E-state index contributed by atoms with van der Waals surface area (Å²) in [6.45, 7) is 1.93. The van der Waals surface area contributed by atoms with Crippen LogP contribution in [0.5, 0.6) is 0 Å². The van der Waals surface area contributed by atoms with Crippen LogP contribution in [-0.2, 0) is 11.2 Å². The van der Waals surface area contributed by atoms with E-state index in [0.29, 0.717) is 26.5 Å². The summed E-state index contributed by atoms with van der Waals surface area (Å²) in [6.07, 6.45) is 0.177. The molecule has 0 fully saturated rings. The topological polar surface area (TPSA) is 66.4 Å². The molecular weight excluding hydrogens is 373 g/mol. The van der Waals surface area contributed by atoms with Gasteiger partial charge in [-0.05, 0) is 47.7 Å². The number of rotatable bonds is 4. The minimum atomic E-state index is -1.10. The van der Waals surface area contributed by atoms with Gasteiger partial charge in [-0.2, -0.15) is 0 Å². The van der Waals surface area contributed by atoms with E-state index in [2.05, 4.69) is 5.32 Å². The van der Waals surface area contributed by atoms with Crippen molar-refractivity contribution in [3.63, 3.8) is 0 Å². The molecule has 0 aliphatic heterocycles. The second-order valence-corrected chi connectivity index (χ2v) is 6.81. The average molecular weight is 388 g/mol. The van der Waals surface area contributed by atoms with Crippen LogP contribution < -0.4 is 5.32 Å². The molecule has 0 aromatic heterocycles. The van der Waals surface area contributed by atoms with Gasteiger partial charge in [-0.3, -0.25) is 4.79 Å². The molecule has 6 heteroatoms. The molecule has 0 saturated heterocycles. The summed E-state index contributed by atoms with van der Waals surface area (Å²) in [7, 11) is 0. The number of nitrogens with one attached hydrogen (secondary N) is 1. The van der Waals surface area contributed by atoms with E-state index in [1.165, 1.54) is 12.1 Å². The molecule has 0 aliphatic rings. The molecule has 0 saturated carbocycles. The Kier molecular flexibility index (Phi) is 5.16. The fourth-order valence-electron chi connectivity index (χ4n) is 2.83. The number of carbonyl (C=O) groups is 2. The predicted octanol–water partition coefficient (Wildman–Crippen LogP) is 5.33. The summed E-state index contributed by atoms with van der Waals surface area (Å²) in [5, 5.41) is 14.0. The minimum Gasteiger partial charge on any atom is -0.478 e. The zero-order chi connectivity index (χ0) is 18.8. The lowest BCUT2D eigenvalue weighted by atomic mass is 10.0. The van der Waals surface area contributed by atoms with Gasteiger partial charge in [0.05, 0.1) is 22.7 Å². The van der Waals surface area contributed by atoms with E-state index in [9.17, 15) is 14.7 Å². The third kappa shape index (κ3) is 3.82. The van der Waals surface area contributed by atoms with Gasteiger partial charge >= 0.3 is 5.97 Å². The zero-order valence-electron chi connectivity index (χ0n) is 13.8. The molecule has 0 heterocycles. The van der Waals surface area contributed by atoms with Gasteiger partial charge in [0.15, 0.2) is 0 Å². The Morgan fingerprint density at radius 3 is 2.50 bits per heavy atom. The summed E-state index contributed by atoms with van der Waals surface area (Å²) in [6, 6.07) is 13.6. The van der Waals surface area contributed by atoms with Gasteiger partial charge in [0.25, 0.3) is 0 Å². The molecular formula is C20H15Cl2NO3. The summed E-state index contributed by atoms with van der Waals surface area (Å²) in [5.74, 6) is -1.36. The molecule has 3 aromatic rings. The third-order valence-electron chi connectivity index (χ3n) is 4.10. The number of amides is 1. The van der Waals surface area contributed by atoms with Crippen molar-refractivity contribution < 1.29 is 14.7 Å². The number of carbonyl (C=O) groups excluding carboxylic acids is 1. The molecule has 3 rings (SSSR count). The number of aryl methyl sites for hydroxylation is 1. The molecule has 0 radical (unpaired) electrons. The Balaban J connectivity index is 2.02. The van der Waals surface area contributed by atoms with Gasteiger partial charge in [0.1, 0.15) is 0 Å². The van der Waals surface area contributed by atoms with Crippen LogP contribution in [0, 0.1) is 6.92 Å². The third-order valence-corrected chi connectivity index (χ3v) is 4.62. The summed E-state index contributed by atoms with van der Waals surface area (Å²) >= 11 is 12.3. The first-order chi connectivity index (χ1) is 12.3. The van der Waals surface area contributed by atoms with E-state index in [4.69, 9.17) is 23.2 Å². The molecule has 26 heavy (non-hydrogen) atoms. The maximum atomic E-state index is 12.5. The van der Waals surface area contributed by atoms with Gasteiger partial charge in [-0.1, -0.05) is 47.5 Å². The smallest absolute Gasteiger partial charge is 0.335 e. The SMILES string of the molecule is Cc1ccccc1CC(=O)Nc1cc(C(=O)O)cc2cc(Cl)cc(Cl)c12. The lowest BCUT2D eigenvalue weighted by Crippen LogP contribution is -2.16. The van der Waals surface area contributed by atoms with Crippen molar-refractivity contribution in [2.75, 3.05) is 5.32 Å². The van der Waals surface area contributed by atoms with Crippen LogP contribution in [0.25, 0.3) is 10.8 Å². The van der Waals surface area contributed by atoms with Gasteiger partial charge in [-0.15, -0.1) is 0 Å². The summed E-state index contributed by atoms with van der Waals surface area (Å²) < 4.78 is 0. The minimum absolute atomic E-state index is 0.0435. The molecule has 0 atom stereocenters. The molecule has 132 valence electrons. The van der Waals surface area contributed by atoms with E-state index < -0.39 is 5.97 Å². The Morgan fingerprint density at radius 1 is 1.08 bits per heavy atom. The van der Waals surface area contributed by atoms with Gasteiger partial charge in [0, 0.05) is 10.4 Å². The lowest BCUT2D eigenvalue weighted by Gasteiger charge is -2.13. The van der Waals surface area contributed by atoms with Crippen molar-refractivity contribution in [3.05, 3.63) is 75.3 Å². The van der Waals surface area contributed by atoms with E-state index >= 15 is 0 Å². The van der Waals surface area contributed by atoms with Crippen LogP contribution in [0.15, 0.2) is 48.5 Å². The molecule has 4 nitrogen and oxygen atoms in total. The van der Waals surface area contributed by atoms with E-state index in [0.717, 1.165) is 11.1 Å². The first-order valence-corrected chi connectivity index (χ1v) is 8.61. The molecule has 0 unspecified atom stereocenters. The highest BCUT2D eigenvalue weighted by molar-refractivity contribution is 6.40. The van der Waals surface area contributed by atoms with Crippen LogP contribution >= 0.6 is 23.2 Å². The summed E-state index contributed by atoms with van der Waals surface area (Å²) in [5.41, 5.74) is 2.30. The van der Waals surface area contributed by atoms with Crippen molar-refractivity contribution in [1.82, 2.24) is 0 Å². The summed E-state index contributed by atoms with van der Waals surface area (Å²) in [4.78, 5) is 23.9. The highest BCUT2D eigenvalue weighted by atomic mass is 35.5. The fourth-order valence-corrected chi connectivity index (χ4v) is 3.44. The molecule has 3 aromatic carbocycles. The Labute approximate surface area is 160 Å². The van der Waals surface area contributed by atoms with Gasteiger partial charge < -0.3 is 10.4 Å². The van der Waals surface area contributed by atoms with Crippen molar-refractivity contribution in [2.24, 2.45) is 0 Å². The van der Waals surface area contributed by atoms with Gasteiger partial charge in [0.2, 0.25) is 5.91 Å². The molecule has 0 bridgehead atoms. The van der Waals surface area contributed by atoms with Crippen LogP contribution in [0.4, 0.5) is 5.69 Å². The van der Waals surface area contributed by atoms with Crippen LogP contribution in [0.3, 0.4) is 0 Å². The van der Waals surface area contributed by atoms with Crippen molar-refractivity contribution in [3.8, 4) is 0 Å². The van der Waals surface area contributed by atoms with E-state index in [-0.39, 0.29) is 17.9 Å². The number of fused-ring (bicyclic) bond motifs is 1. The number of hydrogen-bond donors (Lipinski definition) is 2. The lowest BCUT2D eigenvalue weighted by molar-refractivity contribution is -0.115. The maximum absolute atomic E-state index is 12.5. The molecule has 1 amide bonds. The van der Waals surface area contributed by atoms with Crippen LogP contribution in [0.2, 0.25) is 10.0 Å². The van der Waals surface area contributed by atoms with Crippen LogP contribution in [-0.4, -0.2) is 17.0 Å². The number of carboxylic acids is 1. The maximum Gasteiger partial charge on any atom is 0.335 e. The molecule has 0 spiro atoms. The largest absolute Gasteiger partial charge is 0.478 e. The number of aromatic carboxylic acids is 1. The number of anilines is 1. The monoisotopic (exact) mass is 387 g/mol. The Bertz CT molecular complexity index is 1030. The average Bonchev–Trinajstić information content (AvgIpc) is 2.55. The number of halogens is 2. The van der Waals surface area contributed by atoms with Crippen LogP contribution in [0.1, 0.15) is 21.5 Å². The predicted molar refractivity (Wildman–Crippen MR) is 104 cm³/mol. The second kappa shape index (κ2) is 7.36. The quantitative estimate of drug-likeness (QED) is 0.635. The highest BCUT2D eigenvalue weighted by Gasteiger charge is 2.15. The molecule has 0 aliphatic carbocycles. The second-order valence-electron chi connectivity index (χ2n) is 5.97. The van der Waals surface area contributed by atoms with E-state index in [1.54, 1.807) is 12.1 Å². The first-order valence-electron chi connectivity index (χ1n) is 7.85. The fraction of sp³-hybridized carbons (Fsp3) is 0.100. The van der Waals surface area contributed by atoms with Crippen molar-refractivity contribution >= 4 is 51.5 Å². The zero-order valence-corrected chi connectivity index (χ0v) is 15.4. The van der Waals surface area contributed by atoms with Crippen molar-refractivity contribution in [1.29, 1.82) is 0 Å².